The van der Waals surface area contributed by atoms with E-state index in [-0.39, 0.29) is 17.4 Å². The van der Waals surface area contributed by atoms with Crippen LogP contribution in [0.15, 0.2) is 0 Å². The smallest absolute Gasteiger partial charge is 0.240 e. The monoisotopic (exact) mass is 278 g/mol. The first-order chi connectivity index (χ1) is 9.29. The number of nitrogens with one attached hydrogen (secondary N) is 2. The van der Waals surface area contributed by atoms with Gasteiger partial charge in [0.1, 0.15) is 12.4 Å². The maximum atomic E-state index is 12.1. The van der Waals surface area contributed by atoms with E-state index in [4.69, 9.17) is 4.98 Å². The van der Waals surface area contributed by atoms with Crippen LogP contribution in [0.5, 0.6) is 0 Å². The minimum atomic E-state index is -0.0601. The van der Waals surface area contributed by atoms with Crippen LogP contribution >= 0.6 is 0 Å². The number of aromatic nitrogens is 2. The highest BCUT2D eigenvalue weighted by Gasteiger charge is 2.27. The third-order valence-electron chi connectivity index (χ3n) is 3.41. The topological polar surface area (TPSA) is 59.0 Å². The average Bonchev–Trinajstić information content (AvgIpc) is 2.67. The molecule has 5 nitrogen and oxygen atoms in total. The zero-order valence-electron chi connectivity index (χ0n) is 13.2. The molecule has 2 rings (SSSR count). The molecule has 1 aromatic rings. The fraction of sp³-hybridized carbons (Fsp3) is 0.733. The van der Waals surface area contributed by atoms with E-state index in [0.717, 1.165) is 31.0 Å². The van der Waals surface area contributed by atoms with Gasteiger partial charge < -0.3 is 15.2 Å². The molecular weight excluding hydrogens is 252 g/mol. The van der Waals surface area contributed by atoms with E-state index >= 15 is 0 Å². The molecule has 0 fully saturated rings. The van der Waals surface area contributed by atoms with Crippen LogP contribution in [0.4, 0.5) is 0 Å². The molecule has 1 aliphatic rings. The fourth-order valence-electron chi connectivity index (χ4n) is 2.62. The Kier molecular flexibility index (Phi) is 4.18. The Bertz CT molecular complexity index is 497. The molecule has 0 saturated carbocycles. The molecule has 0 spiro atoms. The third kappa shape index (κ3) is 3.20. The van der Waals surface area contributed by atoms with Gasteiger partial charge in [-0.15, -0.1) is 0 Å². The molecule has 1 aliphatic heterocycles. The summed E-state index contributed by atoms with van der Waals surface area (Å²) < 4.78 is 2.12. The number of nitrogens with zero attached hydrogens (tertiary/aromatic N) is 2. The van der Waals surface area contributed by atoms with Crippen LogP contribution in [-0.4, -0.2) is 28.0 Å². The minimum absolute atomic E-state index is 0.0595. The molecule has 0 saturated heterocycles. The van der Waals surface area contributed by atoms with Gasteiger partial charge >= 0.3 is 0 Å². The van der Waals surface area contributed by atoms with Gasteiger partial charge in [0, 0.05) is 36.7 Å². The second kappa shape index (κ2) is 5.56. The number of imidazole rings is 1. The third-order valence-corrected chi connectivity index (χ3v) is 3.41. The molecule has 20 heavy (non-hydrogen) atoms. The molecule has 0 atom stereocenters. The van der Waals surface area contributed by atoms with Crippen molar-refractivity contribution in [3.05, 3.63) is 17.2 Å². The van der Waals surface area contributed by atoms with E-state index in [2.05, 4.69) is 36.0 Å². The average molecular weight is 278 g/mol. The second-order valence-corrected chi connectivity index (χ2v) is 6.81. The molecule has 112 valence electrons. The Labute approximate surface area is 121 Å². The van der Waals surface area contributed by atoms with E-state index in [9.17, 15) is 4.79 Å². The van der Waals surface area contributed by atoms with Crippen LogP contribution in [0.2, 0.25) is 0 Å². The first-order valence-electron chi connectivity index (χ1n) is 7.38. The predicted molar refractivity (Wildman–Crippen MR) is 79.6 cm³/mol. The summed E-state index contributed by atoms with van der Waals surface area (Å²) in [6.07, 6.45) is 0.938. The number of amides is 1. The minimum Gasteiger partial charge on any atom is -0.352 e. The summed E-state index contributed by atoms with van der Waals surface area (Å²) in [5.41, 5.74) is 2.25. The number of rotatable bonds is 3. The van der Waals surface area contributed by atoms with Crippen molar-refractivity contribution in [1.29, 1.82) is 0 Å². The largest absolute Gasteiger partial charge is 0.352 e. The second-order valence-electron chi connectivity index (χ2n) is 6.81. The van der Waals surface area contributed by atoms with Crippen LogP contribution in [0.3, 0.4) is 0 Å². The SMILES string of the molecule is CC(C)NC(=O)Cn1c(C(C)(C)C)nc2c1CCNC2. The van der Waals surface area contributed by atoms with Crippen LogP contribution in [0.25, 0.3) is 0 Å². The Hall–Kier alpha value is -1.36. The zero-order valence-corrected chi connectivity index (χ0v) is 13.2. The van der Waals surface area contributed by atoms with Gasteiger partial charge in [0.15, 0.2) is 0 Å². The summed E-state index contributed by atoms with van der Waals surface area (Å²) >= 11 is 0. The summed E-state index contributed by atoms with van der Waals surface area (Å²) in [5, 5.41) is 6.31. The highest BCUT2D eigenvalue weighted by molar-refractivity contribution is 5.76. The van der Waals surface area contributed by atoms with E-state index in [1.807, 2.05) is 13.8 Å². The Morgan fingerprint density at radius 2 is 2.15 bits per heavy atom. The molecule has 5 heteroatoms. The number of fused-ring (bicyclic) bond motifs is 1. The zero-order chi connectivity index (χ0) is 14.9. The normalized spacial score (nSPS) is 15.3. The summed E-state index contributed by atoms with van der Waals surface area (Å²) in [6, 6.07) is 0.168. The summed E-state index contributed by atoms with van der Waals surface area (Å²) in [5.74, 6) is 1.06. The Morgan fingerprint density at radius 3 is 2.75 bits per heavy atom. The van der Waals surface area contributed by atoms with Gasteiger partial charge in [-0.25, -0.2) is 4.98 Å². The fourth-order valence-corrected chi connectivity index (χ4v) is 2.62. The van der Waals surface area contributed by atoms with Crippen molar-refractivity contribution in [1.82, 2.24) is 20.2 Å². The lowest BCUT2D eigenvalue weighted by Gasteiger charge is -2.22. The standard InChI is InChI=1S/C15H26N4O/c1-10(2)17-13(20)9-19-12-6-7-16-8-11(12)18-14(19)15(3,4)5/h10,16H,6-9H2,1-5H3,(H,17,20). The molecule has 0 unspecified atom stereocenters. The van der Waals surface area contributed by atoms with Gasteiger partial charge in [0.2, 0.25) is 5.91 Å². The van der Waals surface area contributed by atoms with Gasteiger partial charge in [-0.3, -0.25) is 4.79 Å². The number of hydrogen-bond donors (Lipinski definition) is 2. The molecule has 0 bridgehead atoms. The highest BCUT2D eigenvalue weighted by atomic mass is 16.2. The number of carbonyl (C=O) groups excluding carboxylic acids is 1. The van der Waals surface area contributed by atoms with E-state index in [0.29, 0.717) is 6.54 Å². The van der Waals surface area contributed by atoms with Crippen LogP contribution in [0.1, 0.15) is 51.8 Å². The summed E-state index contributed by atoms with van der Waals surface area (Å²) in [7, 11) is 0. The predicted octanol–water partition coefficient (Wildman–Crippen LogP) is 1.35. The van der Waals surface area contributed by atoms with Gasteiger partial charge in [-0.2, -0.15) is 0 Å². The van der Waals surface area contributed by atoms with Crippen molar-refractivity contribution >= 4 is 5.91 Å². The maximum Gasteiger partial charge on any atom is 0.240 e. The van der Waals surface area contributed by atoms with Crippen molar-refractivity contribution in [2.45, 2.75) is 65.6 Å². The first kappa shape index (κ1) is 15.0. The van der Waals surface area contributed by atoms with Gasteiger partial charge in [-0.1, -0.05) is 20.8 Å². The van der Waals surface area contributed by atoms with E-state index in [1.54, 1.807) is 0 Å². The number of hydrogen-bond acceptors (Lipinski definition) is 3. The lowest BCUT2D eigenvalue weighted by atomic mass is 9.95. The van der Waals surface area contributed by atoms with Crippen LogP contribution < -0.4 is 10.6 Å². The van der Waals surface area contributed by atoms with E-state index in [1.165, 1.54) is 5.69 Å². The lowest BCUT2D eigenvalue weighted by Crippen LogP contribution is -2.35. The lowest BCUT2D eigenvalue weighted by molar-refractivity contribution is -0.122. The summed E-state index contributed by atoms with van der Waals surface area (Å²) in [4.78, 5) is 16.9. The van der Waals surface area contributed by atoms with Crippen molar-refractivity contribution in [2.24, 2.45) is 0 Å². The molecular formula is C15H26N4O. The molecule has 0 radical (unpaired) electrons. The van der Waals surface area contributed by atoms with E-state index < -0.39 is 0 Å². The first-order valence-corrected chi connectivity index (χ1v) is 7.38. The number of carbonyl (C=O) groups is 1. The van der Waals surface area contributed by atoms with Gasteiger partial charge in [0.25, 0.3) is 0 Å². The van der Waals surface area contributed by atoms with Gasteiger partial charge in [0.05, 0.1) is 5.69 Å². The molecule has 2 heterocycles. The molecule has 1 aromatic heterocycles. The molecule has 1 amide bonds. The Morgan fingerprint density at radius 1 is 1.45 bits per heavy atom. The molecule has 0 aliphatic carbocycles. The van der Waals surface area contributed by atoms with Crippen molar-refractivity contribution in [3.8, 4) is 0 Å². The van der Waals surface area contributed by atoms with Crippen LogP contribution in [0, 0.1) is 0 Å². The van der Waals surface area contributed by atoms with Gasteiger partial charge in [-0.05, 0) is 13.8 Å². The van der Waals surface area contributed by atoms with Crippen molar-refractivity contribution in [3.63, 3.8) is 0 Å². The molecule has 2 N–H and O–H groups in total. The quantitative estimate of drug-likeness (QED) is 0.877. The molecule has 0 aromatic carbocycles. The summed E-state index contributed by atoms with van der Waals surface area (Å²) in [6.45, 7) is 12.5. The maximum absolute atomic E-state index is 12.1. The van der Waals surface area contributed by atoms with Crippen LogP contribution in [-0.2, 0) is 29.7 Å². The Balaban J connectivity index is 2.34. The van der Waals surface area contributed by atoms with Crippen molar-refractivity contribution in [2.75, 3.05) is 6.54 Å². The van der Waals surface area contributed by atoms with Crippen molar-refractivity contribution < 1.29 is 4.79 Å². The highest BCUT2D eigenvalue weighted by Crippen LogP contribution is 2.26.